The first kappa shape index (κ1) is 17.9. The molecule has 1 heterocycles. The molecule has 0 radical (unpaired) electrons. The van der Waals surface area contributed by atoms with Crippen molar-refractivity contribution in [2.75, 3.05) is 7.11 Å². The minimum atomic E-state index is -0.492. The lowest BCUT2D eigenvalue weighted by Crippen LogP contribution is -2.32. The number of nitrogens with zero attached hydrogens (tertiary/aromatic N) is 2. The molecule has 0 bridgehead atoms. The summed E-state index contributed by atoms with van der Waals surface area (Å²) in [6, 6.07) is 11.4. The van der Waals surface area contributed by atoms with Crippen LogP contribution in [-0.2, 0) is 7.05 Å². The SMILES string of the molecule is COc1ccccc1C(=O)N[C@@H](C)c1nc2cc(Cl)ccc2c(=O)n1C. The third kappa shape index (κ3) is 3.28. The van der Waals surface area contributed by atoms with Crippen LogP contribution >= 0.6 is 11.6 Å². The number of para-hydroxylation sites is 1. The molecule has 1 atom stereocenters. The molecule has 0 aliphatic rings. The van der Waals surface area contributed by atoms with Gasteiger partial charge in [0.25, 0.3) is 11.5 Å². The lowest BCUT2D eigenvalue weighted by Gasteiger charge is -2.18. The number of hydrogen-bond donors (Lipinski definition) is 1. The number of methoxy groups -OCH3 is 1. The van der Waals surface area contributed by atoms with Gasteiger partial charge in [-0.1, -0.05) is 23.7 Å². The molecular formula is C19H18ClN3O3. The Balaban J connectivity index is 1.97. The molecule has 0 saturated heterocycles. The summed E-state index contributed by atoms with van der Waals surface area (Å²) in [5, 5.41) is 3.83. The first-order chi connectivity index (χ1) is 12.4. The fourth-order valence-corrected chi connectivity index (χ4v) is 2.99. The van der Waals surface area contributed by atoms with Crippen molar-refractivity contribution in [1.82, 2.24) is 14.9 Å². The molecule has 6 nitrogen and oxygen atoms in total. The Kier molecular flexibility index (Phi) is 4.95. The number of carbonyl (C=O) groups is 1. The van der Waals surface area contributed by atoms with Gasteiger partial charge < -0.3 is 10.1 Å². The lowest BCUT2D eigenvalue weighted by atomic mass is 10.1. The van der Waals surface area contributed by atoms with E-state index >= 15 is 0 Å². The van der Waals surface area contributed by atoms with Crippen LogP contribution in [0.3, 0.4) is 0 Å². The van der Waals surface area contributed by atoms with Crippen LogP contribution in [0.1, 0.15) is 29.1 Å². The molecule has 0 unspecified atom stereocenters. The molecule has 26 heavy (non-hydrogen) atoms. The Morgan fingerprint density at radius 2 is 2.00 bits per heavy atom. The monoisotopic (exact) mass is 371 g/mol. The summed E-state index contributed by atoms with van der Waals surface area (Å²) < 4.78 is 6.66. The van der Waals surface area contributed by atoms with Crippen molar-refractivity contribution in [3.8, 4) is 5.75 Å². The van der Waals surface area contributed by atoms with Crippen LogP contribution in [0.2, 0.25) is 5.02 Å². The molecule has 0 aliphatic carbocycles. The van der Waals surface area contributed by atoms with Gasteiger partial charge in [0.15, 0.2) is 0 Å². The smallest absolute Gasteiger partial charge is 0.261 e. The predicted octanol–water partition coefficient (Wildman–Crippen LogP) is 3.09. The Hall–Kier alpha value is -2.86. The molecule has 1 N–H and O–H groups in total. The Morgan fingerprint density at radius 3 is 2.73 bits per heavy atom. The zero-order valence-electron chi connectivity index (χ0n) is 14.6. The van der Waals surface area contributed by atoms with Crippen molar-refractivity contribution in [2.24, 2.45) is 7.05 Å². The zero-order chi connectivity index (χ0) is 18.8. The second-order valence-corrected chi connectivity index (χ2v) is 6.33. The molecule has 0 fully saturated rings. The fourth-order valence-electron chi connectivity index (χ4n) is 2.82. The summed E-state index contributed by atoms with van der Waals surface area (Å²) in [4.78, 5) is 29.7. The van der Waals surface area contributed by atoms with Crippen LogP contribution in [0.4, 0.5) is 0 Å². The molecule has 1 amide bonds. The topological polar surface area (TPSA) is 73.2 Å². The van der Waals surface area contributed by atoms with E-state index in [0.29, 0.717) is 33.1 Å². The molecule has 1 aromatic heterocycles. The molecule has 0 aliphatic heterocycles. The average molecular weight is 372 g/mol. The summed E-state index contributed by atoms with van der Waals surface area (Å²) in [6.45, 7) is 1.77. The van der Waals surface area contributed by atoms with Gasteiger partial charge in [0, 0.05) is 12.1 Å². The number of ether oxygens (including phenoxy) is 1. The van der Waals surface area contributed by atoms with Crippen molar-refractivity contribution < 1.29 is 9.53 Å². The zero-order valence-corrected chi connectivity index (χ0v) is 15.4. The Bertz CT molecular complexity index is 1050. The van der Waals surface area contributed by atoms with Crippen LogP contribution in [0.5, 0.6) is 5.75 Å². The number of halogens is 1. The van der Waals surface area contributed by atoms with E-state index in [-0.39, 0.29) is 11.5 Å². The third-order valence-electron chi connectivity index (χ3n) is 4.16. The molecule has 3 aromatic rings. The number of rotatable bonds is 4. The van der Waals surface area contributed by atoms with Crippen LogP contribution in [-0.4, -0.2) is 22.6 Å². The number of benzene rings is 2. The maximum atomic E-state index is 12.6. The molecule has 0 saturated carbocycles. The second kappa shape index (κ2) is 7.17. The highest BCUT2D eigenvalue weighted by molar-refractivity contribution is 6.31. The number of amides is 1. The van der Waals surface area contributed by atoms with Gasteiger partial charge in [0.1, 0.15) is 11.6 Å². The van der Waals surface area contributed by atoms with E-state index in [1.807, 2.05) is 0 Å². The summed E-state index contributed by atoms with van der Waals surface area (Å²) in [6.07, 6.45) is 0. The van der Waals surface area contributed by atoms with Gasteiger partial charge in [-0.2, -0.15) is 0 Å². The molecular weight excluding hydrogens is 354 g/mol. The number of carbonyl (C=O) groups excluding carboxylic acids is 1. The summed E-state index contributed by atoms with van der Waals surface area (Å²) in [5.74, 6) is 0.604. The average Bonchev–Trinajstić information content (AvgIpc) is 2.64. The summed E-state index contributed by atoms with van der Waals surface area (Å²) >= 11 is 6.01. The number of nitrogens with one attached hydrogen (secondary N) is 1. The normalized spacial score (nSPS) is 12.0. The van der Waals surface area contributed by atoms with Gasteiger partial charge in [0.2, 0.25) is 0 Å². The van der Waals surface area contributed by atoms with E-state index in [1.165, 1.54) is 11.7 Å². The van der Waals surface area contributed by atoms with Crippen molar-refractivity contribution >= 4 is 28.4 Å². The van der Waals surface area contributed by atoms with Gasteiger partial charge in [-0.05, 0) is 37.3 Å². The third-order valence-corrected chi connectivity index (χ3v) is 4.40. The van der Waals surface area contributed by atoms with Gasteiger partial charge in [-0.3, -0.25) is 14.2 Å². The van der Waals surface area contributed by atoms with E-state index in [2.05, 4.69) is 10.3 Å². The Labute approximate surface area is 155 Å². The molecule has 0 spiro atoms. The summed E-state index contributed by atoms with van der Waals surface area (Å²) in [7, 11) is 3.14. The van der Waals surface area contributed by atoms with Crippen LogP contribution < -0.4 is 15.6 Å². The highest BCUT2D eigenvalue weighted by Gasteiger charge is 2.19. The lowest BCUT2D eigenvalue weighted by molar-refractivity contribution is 0.0934. The molecule has 134 valence electrons. The Morgan fingerprint density at radius 1 is 1.27 bits per heavy atom. The quantitative estimate of drug-likeness (QED) is 0.764. The second-order valence-electron chi connectivity index (χ2n) is 5.89. The number of hydrogen-bond acceptors (Lipinski definition) is 4. The van der Waals surface area contributed by atoms with Gasteiger partial charge in [-0.15, -0.1) is 0 Å². The standard InChI is InChI=1S/C19H18ClN3O3/c1-11(21-18(24)14-6-4-5-7-16(14)26-3)17-22-15-10-12(20)8-9-13(15)19(25)23(17)2/h4-11H,1-3H3,(H,21,24)/t11-/m0/s1. The van der Waals surface area contributed by atoms with Crippen LogP contribution in [0, 0.1) is 0 Å². The minimum absolute atomic E-state index is 0.194. The maximum Gasteiger partial charge on any atom is 0.261 e. The van der Waals surface area contributed by atoms with Crippen LogP contribution in [0.25, 0.3) is 10.9 Å². The summed E-state index contributed by atoms with van der Waals surface area (Å²) in [5.41, 5.74) is 0.713. The van der Waals surface area contributed by atoms with E-state index < -0.39 is 6.04 Å². The molecule has 2 aromatic carbocycles. The highest BCUT2D eigenvalue weighted by atomic mass is 35.5. The predicted molar refractivity (Wildman–Crippen MR) is 101 cm³/mol. The largest absolute Gasteiger partial charge is 0.496 e. The highest BCUT2D eigenvalue weighted by Crippen LogP contribution is 2.20. The van der Waals surface area contributed by atoms with Gasteiger partial charge in [-0.25, -0.2) is 4.98 Å². The number of aromatic nitrogens is 2. The minimum Gasteiger partial charge on any atom is -0.496 e. The van der Waals surface area contributed by atoms with E-state index in [4.69, 9.17) is 16.3 Å². The fraction of sp³-hybridized carbons (Fsp3) is 0.211. The van der Waals surface area contributed by atoms with Crippen molar-refractivity contribution in [1.29, 1.82) is 0 Å². The van der Waals surface area contributed by atoms with Crippen molar-refractivity contribution in [3.63, 3.8) is 0 Å². The first-order valence-electron chi connectivity index (χ1n) is 8.02. The van der Waals surface area contributed by atoms with E-state index in [0.717, 1.165) is 0 Å². The molecule has 3 rings (SSSR count). The van der Waals surface area contributed by atoms with Crippen molar-refractivity contribution in [3.05, 3.63) is 69.2 Å². The first-order valence-corrected chi connectivity index (χ1v) is 8.40. The van der Waals surface area contributed by atoms with E-state index in [9.17, 15) is 9.59 Å². The van der Waals surface area contributed by atoms with Crippen molar-refractivity contribution in [2.45, 2.75) is 13.0 Å². The van der Waals surface area contributed by atoms with E-state index in [1.54, 1.807) is 56.4 Å². The van der Waals surface area contributed by atoms with Gasteiger partial charge >= 0.3 is 0 Å². The van der Waals surface area contributed by atoms with Gasteiger partial charge in [0.05, 0.1) is 29.6 Å². The number of fused-ring (bicyclic) bond motifs is 1. The maximum absolute atomic E-state index is 12.6. The molecule has 7 heteroatoms. The van der Waals surface area contributed by atoms with Crippen LogP contribution in [0.15, 0.2) is 47.3 Å².